The Labute approximate surface area is 81.9 Å². The van der Waals surface area contributed by atoms with E-state index in [-0.39, 0.29) is 11.7 Å². The second-order valence-corrected chi connectivity index (χ2v) is 3.32. The number of hydrogen-bond donors (Lipinski definition) is 2. The molecule has 5 nitrogen and oxygen atoms in total. The summed E-state index contributed by atoms with van der Waals surface area (Å²) >= 11 is 0. The van der Waals surface area contributed by atoms with Gasteiger partial charge in [0.2, 0.25) is 0 Å². The Hall–Kier alpha value is -1.62. The molecule has 0 saturated carbocycles. The molecule has 0 spiro atoms. The van der Waals surface area contributed by atoms with Gasteiger partial charge in [-0.25, -0.2) is 0 Å². The number of nitro groups is 1. The van der Waals surface area contributed by atoms with Gasteiger partial charge in [0.15, 0.2) is 0 Å². The molecule has 0 aliphatic heterocycles. The predicted molar refractivity (Wildman–Crippen MR) is 54.9 cm³/mol. The van der Waals surface area contributed by atoms with E-state index in [4.69, 9.17) is 11.5 Å². The summed E-state index contributed by atoms with van der Waals surface area (Å²) in [6.45, 7) is 1.83. The molecule has 0 unspecified atom stereocenters. The zero-order valence-electron chi connectivity index (χ0n) is 7.93. The number of rotatable bonds is 3. The molecule has 0 radical (unpaired) electrons. The highest BCUT2D eigenvalue weighted by Gasteiger charge is 2.09. The number of benzene rings is 1. The van der Waals surface area contributed by atoms with E-state index in [1.165, 1.54) is 18.2 Å². The second kappa shape index (κ2) is 4.06. The Balaban J connectivity index is 3.02. The van der Waals surface area contributed by atoms with Gasteiger partial charge >= 0.3 is 0 Å². The molecule has 0 amide bonds. The summed E-state index contributed by atoms with van der Waals surface area (Å²) in [5.41, 5.74) is 12.6. The number of nitrogens with zero attached hydrogens (tertiary/aromatic N) is 1. The van der Waals surface area contributed by atoms with E-state index >= 15 is 0 Å². The highest BCUT2D eigenvalue weighted by molar-refractivity contribution is 5.52. The Morgan fingerprint density at radius 3 is 2.71 bits per heavy atom. The van der Waals surface area contributed by atoms with Gasteiger partial charge < -0.3 is 11.5 Å². The van der Waals surface area contributed by atoms with Crippen LogP contribution in [0.3, 0.4) is 0 Å². The van der Waals surface area contributed by atoms with Gasteiger partial charge in [0, 0.05) is 23.9 Å². The molecule has 0 aliphatic rings. The fourth-order valence-electron chi connectivity index (χ4n) is 1.23. The summed E-state index contributed by atoms with van der Waals surface area (Å²) in [5.74, 6) is 0. The van der Waals surface area contributed by atoms with Gasteiger partial charge in [-0.3, -0.25) is 10.1 Å². The number of nitrogens with two attached hydrogens (primary N) is 2. The first-order valence-electron chi connectivity index (χ1n) is 4.29. The summed E-state index contributed by atoms with van der Waals surface area (Å²) in [6.07, 6.45) is 0.549. The third-order valence-electron chi connectivity index (χ3n) is 1.88. The maximum Gasteiger partial charge on any atom is 0.269 e. The molecular formula is C9H13N3O2. The van der Waals surface area contributed by atoms with Crippen LogP contribution in [0.2, 0.25) is 0 Å². The van der Waals surface area contributed by atoms with Gasteiger partial charge in [-0.2, -0.15) is 0 Å². The van der Waals surface area contributed by atoms with E-state index in [2.05, 4.69) is 0 Å². The van der Waals surface area contributed by atoms with Crippen LogP contribution >= 0.6 is 0 Å². The van der Waals surface area contributed by atoms with Crippen molar-refractivity contribution >= 4 is 11.4 Å². The molecule has 5 heteroatoms. The van der Waals surface area contributed by atoms with Crippen molar-refractivity contribution in [2.24, 2.45) is 5.73 Å². The Morgan fingerprint density at radius 2 is 2.21 bits per heavy atom. The van der Waals surface area contributed by atoms with Crippen LogP contribution in [-0.4, -0.2) is 11.0 Å². The van der Waals surface area contributed by atoms with Crippen molar-refractivity contribution in [3.8, 4) is 0 Å². The number of nitro benzene ring substituents is 1. The molecule has 0 aromatic heterocycles. The lowest BCUT2D eigenvalue weighted by atomic mass is 10.1. The largest absolute Gasteiger partial charge is 0.398 e. The molecule has 0 fully saturated rings. The third-order valence-corrected chi connectivity index (χ3v) is 1.88. The van der Waals surface area contributed by atoms with Gasteiger partial charge in [-0.05, 0) is 25.0 Å². The van der Waals surface area contributed by atoms with E-state index in [1.54, 1.807) is 0 Å². The van der Waals surface area contributed by atoms with Crippen LogP contribution in [0, 0.1) is 10.1 Å². The maximum atomic E-state index is 10.5. The van der Waals surface area contributed by atoms with Crippen molar-refractivity contribution in [2.45, 2.75) is 19.4 Å². The van der Waals surface area contributed by atoms with Crippen molar-refractivity contribution in [1.82, 2.24) is 0 Å². The molecule has 1 rings (SSSR count). The van der Waals surface area contributed by atoms with E-state index in [0.717, 1.165) is 5.56 Å². The quantitative estimate of drug-likeness (QED) is 0.428. The smallest absolute Gasteiger partial charge is 0.269 e. The predicted octanol–water partition coefficient (Wildman–Crippen LogP) is 1.07. The first-order valence-corrected chi connectivity index (χ1v) is 4.29. The van der Waals surface area contributed by atoms with Crippen molar-refractivity contribution in [3.05, 3.63) is 33.9 Å². The zero-order chi connectivity index (χ0) is 10.7. The van der Waals surface area contributed by atoms with Crippen LogP contribution in [0.5, 0.6) is 0 Å². The molecule has 0 aliphatic carbocycles. The molecule has 1 atom stereocenters. The van der Waals surface area contributed by atoms with E-state index in [0.29, 0.717) is 12.1 Å². The van der Waals surface area contributed by atoms with E-state index in [1.807, 2.05) is 6.92 Å². The number of anilines is 1. The van der Waals surface area contributed by atoms with Crippen molar-refractivity contribution in [3.63, 3.8) is 0 Å². The summed E-state index contributed by atoms with van der Waals surface area (Å²) in [5, 5.41) is 10.5. The van der Waals surface area contributed by atoms with E-state index in [9.17, 15) is 10.1 Å². The van der Waals surface area contributed by atoms with Gasteiger partial charge in [0.05, 0.1) is 4.92 Å². The molecule has 1 aromatic rings. The lowest BCUT2D eigenvalue weighted by Gasteiger charge is -2.07. The molecular weight excluding hydrogens is 182 g/mol. The second-order valence-electron chi connectivity index (χ2n) is 3.32. The monoisotopic (exact) mass is 195 g/mol. The third kappa shape index (κ3) is 2.43. The first-order chi connectivity index (χ1) is 6.50. The van der Waals surface area contributed by atoms with Gasteiger partial charge in [0.25, 0.3) is 5.69 Å². The lowest BCUT2D eigenvalue weighted by Crippen LogP contribution is -2.18. The fraction of sp³-hybridized carbons (Fsp3) is 0.333. The highest BCUT2D eigenvalue weighted by Crippen LogP contribution is 2.20. The highest BCUT2D eigenvalue weighted by atomic mass is 16.6. The standard InChI is InChI=1S/C9H13N3O2/c1-6(10)4-7-5-8(12(13)14)2-3-9(7)11/h2-3,5-6H,4,10-11H2,1H3/t6-/m0/s1. The number of non-ortho nitro benzene ring substituents is 1. The Bertz CT molecular complexity index is 350. The number of hydrogen-bond acceptors (Lipinski definition) is 4. The molecule has 14 heavy (non-hydrogen) atoms. The molecule has 76 valence electrons. The minimum absolute atomic E-state index is 0.0508. The molecule has 0 saturated heterocycles. The van der Waals surface area contributed by atoms with Gasteiger partial charge in [-0.1, -0.05) is 0 Å². The molecule has 0 heterocycles. The average molecular weight is 195 g/mol. The normalized spacial score (nSPS) is 12.4. The van der Waals surface area contributed by atoms with Crippen molar-refractivity contribution in [1.29, 1.82) is 0 Å². The Kier molecular flexibility index (Phi) is 3.03. The summed E-state index contributed by atoms with van der Waals surface area (Å²) in [4.78, 5) is 10.0. The molecule has 0 bridgehead atoms. The fourth-order valence-corrected chi connectivity index (χ4v) is 1.23. The topological polar surface area (TPSA) is 95.2 Å². The van der Waals surface area contributed by atoms with Crippen molar-refractivity contribution in [2.75, 3.05) is 5.73 Å². The summed E-state index contributed by atoms with van der Waals surface area (Å²) < 4.78 is 0. The number of nitrogen functional groups attached to an aromatic ring is 1. The van der Waals surface area contributed by atoms with Crippen LogP contribution in [0.4, 0.5) is 11.4 Å². The first kappa shape index (κ1) is 10.5. The van der Waals surface area contributed by atoms with Crippen LogP contribution in [0.15, 0.2) is 18.2 Å². The lowest BCUT2D eigenvalue weighted by molar-refractivity contribution is -0.384. The Morgan fingerprint density at radius 1 is 1.57 bits per heavy atom. The van der Waals surface area contributed by atoms with Gasteiger partial charge in [0.1, 0.15) is 0 Å². The van der Waals surface area contributed by atoms with E-state index < -0.39 is 4.92 Å². The maximum absolute atomic E-state index is 10.5. The minimum atomic E-state index is -0.440. The SMILES string of the molecule is C[C@H](N)Cc1cc([N+](=O)[O-])ccc1N. The summed E-state index contributed by atoms with van der Waals surface area (Å²) in [6, 6.07) is 4.34. The average Bonchev–Trinajstić information content (AvgIpc) is 2.07. The van der Waals surface area contributed by atoms with Crippen LogP contribution in [-0.2, 0) is 6.42 Å². The van der Waals surface area contributed by atoms with Gasteiger partial charge in [-0.15, -0.1) is 0 Å². The van der Waals surface area contributed by atoms with Crippen LogP contribution in [0.25, 0.3) is 0 Å². The van der Waals surface area contributed by atoms with Crippen LogP contribution < -0.4 is 11.5 Å². The van der Waals surface area contributed by atoms with Crippen molar-refractivity contribution < 1.29 is 4.92 Å². The minimum Gasteiger partial charge on any atom is -0.398 e. The van der Waals surface area contributed by atoms with Crippen LogP contribution in [0.1, 0.15) is 12.5 Å². The summed E-state index contributed by atoms with van der Waals surface area (Å²) in [7, 11) is 0. The molecule has 1 aromatic carbocycles. The zero-order valence-corrected chi connectivity index (χ0v) is 7.93. The molecule has 4 N–H and O–H groups in total.